The molecule has 1 aromatic rings. The number of nitrogens with zero attached hydrogens (tertiary/aromatic N) is 1. The third-order valence-electron chi connectivity index (χ3n) is 4.60. The number of methoxy groups -OCH3 is 2. The summed E-state index contributed by atoms with van der Waals surface area (Å²) in [6.45, 7) is 6.42. The number of carbonyl (C=O) groups is 3. The van der Waals surface area contributed by atoms with Gasteiger partial charge in [0.05, 0.1) is 31.4 Å². The Kier molecular flexibility index (Phi) is 6.60. The van der Waals surface area contributed by atoms with Crippen molar-refractivity contribution >= 4 is 18.0 Å². The van der Waals surface area contributed by atoms with Crippen LogP contribution in [-0.2, 0) is 14.3 Å². The van der Waals surface area contributed by atoms with Crippen LogP contribution in [-0.4, -0.2) is 43.6 Å². The van der Waals surface area contributed by atoms with Gasteiger partial charge in [0, 0.05) is 12.2 Å². The molecule has 0 bridgehead atoms. The van der Waals surface area contributed by atoms with Gasteiger partial charge in [-0.2, -0.15) is 0 Å². The number of benzene rings is 1. The minimum Gasteiger partial charge on any atom is -0.466 e. The van der Waals surface area contributed by atoms with Crippen LogP contribution >= 0.6 is 0 Å². The Hall–Kier alpha value is -2.83. The molecule has 0 fully saturated rings. The van der Waals surface area contributed by atoms with E-state index in [0.717, 1.165) is 6.42 Å². The van der Waals surface area contributed by atoms with Crippen molar-refractivity contribution in [3.8, 4) is 0 Å². The van der Waals surface area contributed by atoms with E-state index in [2.05, 4.69) is 19.2 Å². The van der Waals surface area contributed by atoms with Gasteiger partial charge in [0.1, 0.15) is 0 Å². The summed E-state index contributed by atoms with van der Waals surface area (Å²) < 4.78 is 9.65. The van der Waals surface area contributed by atoms with Crippen molar-refractivity contribution in [2.75, 3.05) is 20.8 Å². The largest absolute Gasteiger partial charge is 0.466 e. The Morgan fingerprint density at radius 1 is 1.11 bits per heavy atom. The van der Waals surface area contributed by atoms with Gasteiger partial charge in [-0.05, 0) is 37.0 Å². The van der Waals surface area contributed by atoms with Crippen molar-refractivity contribution in [1.82, 2.24) is 10.2 Å². The summed E-state index contributed by atoms with van der Waals surface area (Å²) >= 11 is 0. The molecule has 1 aromatic carbocycles. The Bertz CT molecular complexity index is 752. The maximum absolute atomic E-state index is 12.6. The van der Waals surface area contributed by atoms with Gasteiger partial charge in [0.25, 0.3) is 0 Å². The van der Waals surface area contributed by atoms with Crippen molar-refractivity contribution in [3.05, 3.63) is 46.7 Å². The molecule has 27 heavy (non-hydrogen) atoms. The van der Waals surface area contributed by atoms with E-state index in [1.807, 2.05) is 0 Å². The average Bonchev–Trinajstić information content (AvgIpc) is 2.66. The molecule has 146 valence electrons. The normalized spacial score (nSPS) is 17.0. The van der Waals surface area contributed by atoms with Gasteiger partial charge in [-0.25, -0.2) is 14.4 Å². The number of carbonyl (C=O) groups excluding carboxylic acids is 3. The van der Waals surface area contributed by atoms with Gasteiger partial charge in [-0.15, -0.1) is 0 Å². The van der Waals surface area contributed by atoms with E-state index in [4.69, 9.17) is 9.47 Å². The standard InChI is InChI=1S/C20H26N2O5/c1-12(2)10-11-22-13(3)16(19(24)27-5)17(21-20(22)25)14-6-8-15(9-7-14)18(23)26-4/h6-9,12,17H,10-11H2,1-5H3,(H,21,25)/t17-/m0/s1. The molecule has 0 radical (unpaired) electrons. The van der Waals surface area contributed by atoms with Gasteiger partial charge < -0.3 is 14.8 Å². The lowest BCUT2D eigenvalue weighted by molar-refractivity contribution is -0.136. The molecule has 1 N–H and O–H groups in total. The first-order valence-electron chi connectivity index (χ1n) is 8.85. The molecule has 1 aliphatic rings. The lowest BCUT2D eigenvalue weighted by Crippen LogP contribution is -2.48. The summed E-state index contributed by atoms with van der Waals surface area (Å²) in [7, 11) is 2.62. The minimum atomic E-state index is -0.646. The van der Waals surface area contributed by atoms with E-state index in [-0.39, 0.29) is 6.03 Å². The van der Waals surface area contributed by atoms with Crippen LogP contribution in [0.1, 0.15) is 49.2 Å². The second-order valence-corrected chi connectivity index (χ2v) is 6.82. The highest BCUT2D eigenvalue weighted by atomic mass is 16.5. The Morgan fingerprint density at radius 3 is 2.22 bits per heavy atom. The van der Waals surface area contributed by atoms with Crippen LogP contribution in [0, 0.1) is 5.92 Å². The smallest absolute Gasteiger partial charge is 0.337 e. The number of esters is 2. The van der Waals surface area contributed by atoms with Crippen LogP contribution in [0.3, 0.4) is 0 Å². The molecular formula is C20H26N2O5. The van der Waals surface area contributed by atoms with Crippen molar-refractivity contribution < 1.29 is 23.9 Å². The van der Waals surface area contributed by atoms with Crippen molar-refractivity contribution in [2.45, 2.75) is 33.2 Å². The molecule has 1 aliphatic heterocycles. The van der Waals surface area contributed by atoms with Crippen LogP contribution in [0.2, 0.25) is 0 Å². The number of ether oxygens (including phenoxy) is 2. The van der Waals surface area contributed by atoms with Crippen LogP contribution in [0.5, 0.6) is 0 Å². The van der Waals surface area contributed by atoms with E-state index in [9.17, 15) is 14.4 Å². The first-order chi connectivity index (χ1) is 12.8. The third kappa shape index (κ3) is 4.48. The number of amides is 2. The highest BCUT2D eigenvalue weighted by Gasteiger charge is 2.36. The fraction of sp³-hybridized carbons (Fsp3) is 0.450. The highest BCUT2D eigenvalue weighted by Crippen LogP contribution is 2.31. The second kappa shape index (κ2) is 8.70. The van der Waals surface area contributed by atoms with Crippen LogP contribution in [0.25, 0.3) is 0 Å². The number of rotatable bonds is 6. The summed E-state index contributed by atoms with van der Waals surface area (Å²) in [5.74, 6) is -0.520. The highest BCUT2D eigenvalue weighted by molar-refractivity contribution is 5.95. The van der Waals surface area contributed by atoms with Crippen LogP contribution in [0.15, 0.2) is 35.5 Å². The summed E-state index contributed by atoms with van der Waals surface area (Å²) in [6, 6.07) is 5.68. The zero-order valence-electron chi connectivity index (χ0n) is 16.4. The van der Waals surface area contributed by atoms with E-state index in [0.29, 0.717) is 34.9 Å². The first kappa shape index (κ1) is 20.5. The molecule has 0 unspecified atom stereocenters. The minimum absolute atomic E-state index is 0.261. The fourth-order valence-electron chi connectivity index (χ4n) is 2.99. The monoisotopic (exact) mass is 374 g/mol. The number of allylic oxidation sites excluding steroid dienone is 1. The van der Waals surface area contributed by atoms with Crippen LogP contribution in [0.4, 0.5) is 4.79 Å². The van der Waals surface area contributed by atoms with E-state index in [1.54, 1.807) is 36.1 Å². The Morgan fingerprint density at radius 2 is 1.70 bits per heavy atom. The third-order valence-corrected chi connectivity index (χ3v) is 4.60. The number of hydrogen-bond donors (Lipinski definition) is 1. The molecule has 1 heterocycles. The molecule has 0 aliphatic carbocycles. The Labute approximate surface area is 159 Å². The summed E-state index contributed by atoms with van der Waals surface area (Å²) in [4.78, 5) is 38.3. The fourth-order valence-corrected chi connectivity index (χ4v) is 2.99. The van der Waals surface area contributed by atoms with Gasteiger partial charge in [0.15, 0.2) is 0 Å². The first-order valence-corrected chi connectivity index (χ1v) is 8.85. The molecule has 7 nitrogen and oxygen atoms in total. The molecule has 2 amide bonds. The second-order valence-electron chi connectivity index (χ2n) is 6.82. The van der Waals surface area contributed by atoms with Gasteiger partial charge in [-0.3, -0.25) is 4.90 Å². The maximum atomic E-state index is 12.6. The summed E-state index contributed by atoms with van der Waals surface area (Å²) in [5.41, 5.74) is 2.03. The number of urea groups is 1. The van der Waals surface area contributed by atoms with Crippen molar-refractivity contribution in [3.63, 3.8) is 0 Å². The van der Waals surface area contributed by atoms with E-state index in [1.165, 1.54) is 14.2 Å². The molecule has 7 heteroatoms. The summed E-state index contributed by atoms with van der Waals surface area (Å²) in [5, 5.41) is 2.88. The molecule has 0 spiro atoms. The molecule has 0 saturated carbocycles. The quantitative estimate of drug-likeness (QED) is 0.774. The Balaban J connectivity index is 2.41. The predicted octanol–water partition coefficient (Wildman–Crippen LogP) is 3.03. The molecule has 0 aromatic heterocycles. The number of nitrogens with one attached hydrogen (secondary N) is 1. The van der Waals surface area contributed by atoms with E-state index < -0.39 is 18.0 Å². The topological polar surface area (TPSA) is 84.9 Å². The number of hydrogen-bond acceptors (Lipinski definition) is 5. The average molecular weight is 374 g/mol. The molecular weight excluding hydrogens is 348 g/mol. The van der Waals surface area contributed by atoms with E-state index >= 15 is 0 Å². The van der Waals surface area contributed by atoms with Gasteiger partial charge >= 0.3 is 18.0 Å². The van der Waals surface area contributed by atoms with Gasteiger partial charge in [-0.1, -0.05) is 26.0 Å². The zero-order valence-corrected chi connectivity index (χ0v) is 16.4. The molecule has 0 saturated heterocycles. The zero-order chi connectivity index (χ0) is 20.1. The predicted molar refractivity (Wildman–Crippen MR) is 99.9 cm³/mol. The molecule has 2 rings (SSSR count). The lowest BCUT2D eigenvalue weighted by atomic mass is 9.94. The summed E-state index contributed by atoms with van der Waals surface area (Å²) in [6.07, 6.45) is 0.817. The van der Waals surface area contributed by atoms with Crippen LogP contribution < -0.4 is 5.32 Å². The van der Waals surface area contributed by atoms with Crippen molar-refractivity contribution in [1.29, 1.82) is 0 Å². The SMILES string of the molecule is COC(=O)C1=C(C)N(CCC(C)C)C(=O)N[C@H]1c1ccc(C(=O)OC)cc1. The van der Waals surface area contributed by atoms with Crippen molar-refractivity contribution in [2.24, 2.45) is 5.92 Å². The lowest BCUT2D eigenvalue weighted by Gasteiger charge is -2.35. The maximum Gasteiger partial charge on any atom is 0.337 e. The van der Waals surface area contributed by atoms with Gasteiger partial charge in [0.2, 0.25) is 0 Å². The molecule has 1 atom stereocenters.